The summed E-state index contributed by atoms with van der Waals surface area (Å²) in [7, 11) is 1.67. The molecule has 1 atom stereocenters. The lowest BCUT2D eigenvalue weighted by Gasteiger charge is -2.22. The Balaban J connectivity index is 2.22. The first-order valence-corrected chi connectivity index (χ1v) is 7.20. The first kappa shape index (κ1) is 12.3. The van der Waals surface area contributed by atoms with E-state index in [1.165, 1.54) is 0 Å². The fraction of sp³-hybridized carbons (Fsp3) is 0.500. The van der Waals surface area contributed by atoms with Crippen LogP contribution in [-0.4, -0.2) is 29.3 Å². The van der Waals surface area contributed by atoms with Crippen molar-refractivity contribution in [1.29, 1.82) is 0 Å². The molecule has 2 rings (SSSR count). The monoisotopic (exact) mass is 302 g/mol. The molecule has 16 heavy (non-hydrogen) atoms. The summed E-state index contributed by atoms with van der Waals surface area (Å²) in [6.45, 7) is 0. The van der Waals surface area contributed by atoms with E-state index >= 15 is 0 Å². The maximum Gasteiger partial charge on any atom is 0.122 e. The number of thioether (sulfide) groups is 1. The van der Waals surface area contributed by atoms with Crippen molar-refractivity contribution in [3.05, 3.63) is 28.2 Å². The summed E-state index contributed by atoms with van der Waals surface area (Å²) >= 11 is 5.27. The molecule has 0 radical (unpaired) electrons. The zero-order valence-corrected chi connectivity index (χ0v) is 11.6. The lowest BCUT2D eigenvalue weighted by molar-refractivity contribution is 0.0679. The summed E-state index contributed by atoms with van der Waals surface area (Å²) in [5.74, 6) is 2.73. The van der Waals surface area contributed by atoms with Crippen LogP contribution in [-0.2, 0) is 6.42 Å². The van der Waals surface area contributed by atoms with Crippen molar-refractivity contribution in [1.82, 2.24) is 0 Å². The van der Waals surface area contributed by atoms with Gasteiger partial charge in [0.25, 0.3) is 0 Å². The smallest absolute Gasteiger partial charge is 0.122 e. The molecule has 0 amide bonds. The highest BCUT2D eigenvalue weighted by Gasteiger charge is 2.32. The fourth-order valence-corrected chi connectivity index (χ4v) is 3.68. The van der Waals surface area contributed by atoms with Gasteiger partial charge >= 0.3 is 0 Å². The van der Waals surface area contributed by atoms with Gasteiger partial charge in [0.05, 0.1) is 12.7 Å². The summed E-state index contributed by atoms with van der Waals surface area (Å²) in [6.07, 6.45) is 1.54. The highest BCUT2D eigenvalue weighted by atomic mass is 79.9. The lowest BCUT2D eigenvalue weighted by atomic mass is 9.93. The Morgan fingerprint density at radius 2 is 2.38 bits per heavy atom. The number of methoxy groups -OCH3 is 1. The van der Waals surface area contributed by atoms with Crippen LogP contribution in [0.4, 0.5) is 0 Å². The first-order valence-electron chi connectivity index (χ1n) is 5.25. The van der Waals surface area contributed by atoms with Gasteiger partial charge in [-0.05, 0) is 35.9 Å². The highest BCUT2D eigenvalue weighted by molar-refractivity contribution is 9.10. The van der Waals surface area contributed by atoms with Crippen molar-refractivity contribution in [2.24, 2.45) is 0 Å². The molecule has 1 aromatic carbocycles. The van der Waals surface area contributed by atoms with Crippen LogP contribution in [0.2, 0.25) is 0 Å². The summed E-state index contributed by atoms with van der Waals surface area (Å²) in [5, 5.41) is 10.4. The SMILES string of the molecule is COc1ccc(Br)cc1CC1(O)CCSC1. The lowest BCUT2D eigenvalue weighted by Crippen LogP contribution is -2.30. The van der Waals surface area contributed by atoms with Crippen LogP contribution in [0.1, 0.15) is 12.0 Å². The van der Waals surface area contributed by atoms with Crippen LogP contribution >= 0.6 is 27.7 Å². The topological polar surface area (TPSA) is 29.5 Å². The van der Waals surface area contributed by atoms with Gasteiger partial charge in [0.15, 0.2) is 0 Å². The minimum Gasteiger partial charge on any atom is -0.496 e. The van der Waals surface area contributed by atoms with Crippen molar-refractivity contribution in [2.45, 2.75) is 18.4 Å². The predicted molar refractivity (Wildman–Crippen MR) is 71.3 cm³/mol. The molecule has 1 aliphatic rings. The third-order valence-corrected chi connectivity index (χ3v) is 4.57. The molecule has 0 bridgehead atoms. The number of hydrogen-bond acceptors (Lipinski definition) is 3. The van der Waals surface area contributed by atoms with E-state index < -0.39 is 5.60 Å². The number of hydrogen-bond donors (Lipinski definition) is 1. The number of halogens is 1. The Morgan fingerprint density at radius 1 is 1.56 bits per heavy atom. The standard InChI is InChI=1S/C12H15BrO2S/c1-15-11-3-2-10(13)6-9(11)7-12(14)4-5-16-8-12/h2-3,6,14H,4-5,7-8H2,1H3. The van der Waals surface area contributed by atoms with E-state index in [1.807, 2.05) is 30.0 Å². The molecular weight excluding hydrogens is 288 g/mol. The Labute approximate surface area is 109 Å². The molecule has 88 valence electrons. The number of ether oxygens (including phenoxy) is 1. The van der Waals surface area contributed by atoms with Gasteiger partial charge in [-0.1, -0.05) is 15.9 Å². The normalized spacial score (nSPS) is 24.7. The van der Waals surface area contributed by atoms with Crippen LogP contribution < -0.4 is 4.74 Å². The van der Waals surface area contributed by atoms with Crippen LogP contribution in [0.15, 0.2) is 22.7 Å². The quantitative estimate of drug-likeness (QED) is 0.931. The zero-order valence-electron chi connectivity index (χ0n) is 9.20. The molecule has 1 unspecified atom stereocenters. The van der Waals surface area contributed by atoms with E-state index in [4.69, 9.17) is 4.74 Å². The van der Waals surface area contributed by atoms with E-state index in [9.17, 15) is 5.11 Å². The van der Waals surface area contributed by atoms with Gasteiger partial charge in [-0.25, -0.2) is 0 Å². The maximum absolute atomic E-state index is 10.4. The number of rotatable bonds is 3. The highest BCUT2D eigenvalue weighted by Crippen LogP contribution is 2.34. The first-order chi connectivity index (χ1) is 7.63. The second kappa shape index (κ2) is 4.98. The van der Waals surface area contributed by atoms with Crippen molar-refractivity contribution in [2.75, 3.05) is 18.6 Å². The second-order valence-corrected chi connectivity index (χ2v) is 6.18. The molecule has 1 aliphatic heterocycles. The van der Waals surface area contributed by atoms with Gasteiger partial charge in [0.2, 0.25) is 0 Å². The van der Waals surface area contributed by atoms with Gasteiger partial charge < -0.3 is 9.84 Å². The van der Waals surface area contributed by atoms with Gasteiger partial charge in [0.1, 0.15) is 5.75 Å². The minimum absolute atomic E-state index is 0.557. The van der Waals surface area contributed by atoms with Crippen LogP contribution in [0.3, 0.4) is 0 Å². The predicted octanol–water partition coefficient (Wildman–Crippen LogP) is 2.87. The van der Waals surface area contributed by atoms with E-state index in [2.05, 4.69) is 15.9 Å². The van der Waals surface area contributed by atoms with Crippen LogP contribution in [0, 0.1) is 0 Å². The third kappa shape index (κ3) is 2.73. The molecule has 1 saturated heterocycles. The van der Waals surface area contributed by atoms with E-state index in [0.717, 1.165) is 33.7 Å². The Hall–Kier alpha value is -0.190. The average Bonchev–Trinajstić information content (AvgIpc) is 2.65. The molecule has 1 heterocycles. The fourth-order valence-electron chi connectivity index (χ4n) is 1.98. The molecule has 0 spiro atoms. The van der Waals surface area contributed by atoms with Crippen LogP contribution in [0.5, 0.6) is 5.75 Å². The molecule has 4 heteroatoms. The largest absolute Gasteiger partial charge is 0.496 e. The third-order valence-electron chi connectivity index (χ3n) is 2.84. The Bertz CT molecular complexity index is 375. The van der Waals surface area contributed by atoms with E-state index in [1.54, 1.807) is 7.11 Å². The van der Waals surface area contributed by atoms with Gasteiger partial charge in [0, 0.05) is 16.6 Å². The van der Waals surface area contributed by atoms with Crippen molar-refractivity contribution < 1.29 is 9.84 Å². The molecule has 1 aromatic rings. The van der Waals surface area contributed by atoms with E-state index in [0.29, 0.717) is 6.42 Å². The second-order valence-electron chi connectivity index (χ2n) is 4.16. The molecule has 1 fully saturated rings. The maximum atomic E-state index is 10.4. The van der Waals surface area contributed by atoms with E-state index in [-0.39, 0.29) is 0 Å². The Kier molecular flexibility index (Phi) is 3.82. The van der Waals surface area contributed by atoms with Gasteiger partial charge in [-0.15, -0.1) is 0 Å². The van der Waals surface area contributed by atoms with Crippen molar-refractivity contribution in [3.63, 3.8) is 0 Å². The summed E-state index contributed by atoms with van der Waals surface area (Å²) in [5.41, 5.74) is 0.514. The average molecular weight is 303 g/mol. The molecular formula is C12H15BrO2S. The summed E-state index contributed by atoms with van der Waals surface area (Å²) < 4.78 is 6.34. The molecule has 1 N–H and O–H groups in total. The van der Waals surface area contributed by atoms with Gasteiger partial charge in [-0.3, -0.25) is 0 Å². The number of benzene rings is 1. The van der Waals surface area contributed by atoms with Gasteiger partial charge in [-0.2, -0.15) is 11.8 Å². The van der Waals surface area contributed by atoms with Crippen LogP contribution in [0.25, 0.3) is 0 Å². The zero-order chi connectivity index (χ0) is 11.6. The minimum atomic E-state index is -0.557. The van der Waals surface area contributed by atoms with Crippen molar-refractivity contribution >= 4 is 27.7 Å². The molecule has 0 aromatic heterocycles. The number of aliphatic hydroxyl groups is 1. The summed E-state index contributed by atoms with van der Waals surface area (Å²) in [4.78, 5) is 0. The molecule has 2 nitrogen and oxygen atoms in total. The summed E-state index contributed by atoms with van der Waals surface area (Å²) in [6, 6.07) is 5.92. The Morgan fingerprint density at radius 3 is 3.00 bits per heavy atom. The van der Waals surface area contributed by atoms with Crippen molar-refractivity contribution in [3.8, 4) is 5.75 Å². The molecule has 0 saturated carbocycles. The molecule has 0 aliphatic carbocycles.